The summed E-state index contributed by atoms with van der Waals surface area (Å²) in [5, 5.41) is 2.71. The van der Waals surface area contributed by atoms with E-state index in [0.717, 1.165) is 22.9 Å². The first-order valence-corrected chi connectivity index (χ1v) is 11.4. The number of nitrogens with zero attached hydrogens (tertiary/aromatic N) is 2. The molecule has 0 bridgehead atoms. The summed E-state index contributed by atoms with van der Waals surface area (Å²) in [4.78, 5) is 16.8. The Morgan fingerprint density at radius 2 is 1.70 bits per heavy atom. The van der Waals surface area contributed by atoms with Crippen LogP contribution in [0.15, 0.2) is 84.1 Å². The number of amides is 1. The lowest BCUT2D eigenvalue weighted by atomic mass is 10.0. The second-order valence-electron chi connectivity index (χ2n) is 7.04. The molecule has 0 atom stereocenters. The maximum absolute atomic E-state index is 12.7. The molecule has 0 saturated heterocycles. The van der Waals surface area contributed by atoms with Gasteiger partial charge in [-0.3, -0.25) is 9.20 Å². The highest BCUT2D eigenvalue weighted by molar-refractivity contribution is 7.90. The van der Waals surface area contributed by atoms with Gasteiger partial charge in [0.1, 0.15) is 0 Å². The Balaban J connectivity index is 1.49. The van der Waals surface area contributed by atoms with Crippen LogP contribution >= 0.6 is 0 Å². The average Bonchev–Trinajstić information content (AvgIpc) is 3.15. The number of hydrogen-bond acceptors (Lipinski definition) is 4. The van der Waals surface area contributed by atoms with Gasteiger partial charge in [0.05, 0.1) is 5.52 Å². The van der Waals surface area contributed by atoms with Crippen molar-refractivity contribution < 1.29 is 13.2 Å². The summed E-state index contributed by atoms with van der Waals surface area (Å²) in [6, 6.07) is 23.4. The molecule has 0 aliphatic rings. The molecule has 0 aliphatic carbocycles. The molecule has 0 radical (unpaired) electrons. The largest absolute Gasteiger partial charge is 0.350 e. The molecule has 152 valence electrons. The van der Waals surface area contributed by atoms with Crippen molar-refractivity contribution in [1.82, 2.24) is 14.7 Å². The van der Waals surface area contributed by atoms with E-state index in [1.54, 1.807) is 24.4 Å². The van der Waals surface area contributed by atoms with Crippen LogP contribution in [0.1, 0.15) is 16.1 Å². The maximum Gasteiger partial charge on any atom is 0.272 e. The first kappa shape index (κ1) is 19.8. The van der Waals surface area contributed by atoms with Gasteiger partial charge in [0.15, 0.2) is 5.69 Å². The van der Waals surface area contributed by atoms with E-state index in [9.17, 15) is 13.2 Å². The Morgan fingerprint density at radius 3 is 2.47 bits per heavy atom. The van der Waals surface area contributed by atoms with Crippen LogP contribution in [0.25, 0.3) is 16.6 Å². The molecule has 4 aromatic rings. The predicted octanol–water partition coefficient (Wildman–Crippen LogP) is 3.38. The third-order valence-electron chi connectivity index (χ3n) is 4.80. The molecule has 4 rings (SSSR count). The zero-order chi connectivity index (χ0) is 21.1. The molecule has 2 heterocycles. The zero-order valence-electron chi connectivity index (χ0n) is 16.4. The van der Waals surface area contributed by atoms with Gasteiger partial charge in [0.2, 0.25) is 15.0 Å². The molecule has 1 amide bonds. The minimum Gasteiger partial charge on any atom is -0.350 e. The van der Waals surface area contributed by atoms with Gasteiger partial charge in [-0.15, -0.1) is 0 Å². The summed E-state index contributed by atoms with van der Waals surface area (Å²) in [5.74, 6) is -0.396. The van der Waals surface area contributed by atoms with Gasteiger partial charge in [0.25, 0.3) is 5.91 Å². The summed E-state index contributed by atoms with van der Waals surface area (Å²) < 4.78 is 25.5. The Kier molecular flexibility index (Phi) is 5.37. The highest BCUT2D eigenvalue weighted by atomic mass is 32.2. The molecular weight excluding hydrogens is 398 g/mol. The monoisotopic (exact) mass is 419 g/mol. The number of aromatic nitrogens is 2. The van der Waals surface area contributed by atoms with Crippen LogP contribution in [-0.2, 0) is 16.3 Å². The molecule has 30 heavy (non-hydrogen) atoms. The zero-order valence-corrected chi connectivity index (χ0v) is 17.3. The average molecular weight is 420 g/mol. The predicted molar refractivity (Wildman–Crippen MR) is 116 cm³/mol. The van der Waals surface area contributed by atoms with Crippen molar-refractivity contribution in [2.24, 2.45) is 0 Å². The van der Waals surface area contributed by atoms with Crippen LogP contribution in [0.2, 0.25) is 0 Å². The van der Waals surface area contributed by atoms with Crippen LogP contribution in [0.5, 0.6) is 0 Å². The van der Waals surface area contributed by atoms with Crippen LogP contribution < -0.4 is 5.32 Å². The number of nitrogens with one attached hydrogen (secondary N) is 1. The number of imidazole rings is 1. The third-order valence-corrected chi connectivity index (χ3v) is 5.75. The number of carbonyl (C=O) groups excluding carboxylic acids is 1. The molecule has 0 unspecified atom stereocenters. The Bertz CT molecular complexity index is 1310. The molecule has 0 aliphatic heterocycles. The van der Waals surface area contributed by atoms with E-state index in [-0.39, 0.29) is 10.9 Å². The van der Waals surface area contributed by atoms with E-state index in [0.29, 0.717) is 18.5 Å². The third kappa shape index (κ3) is 4.11. The first-order chi connectivity index (χ1) is 14.4. The fraction of sp³-hybridized carbons (Fsp3) is 0.130. The molecule has 2 aromatic carbocycles. The molecule has 0 fully saturated rings. The summed E-state index contributed by atoms with van der Waals surface area (Å²) in [7, 11) is -3.56. The van der Waals surface area contributed by atoms with Gasteiger partial charge in [-0.2, -0.15) is 0 Å². The number of fused-ring (bicyclic) bond motifs is 1. The minimum absolute atomic E-state index is 0.106. The number of carbonyl (C=O) groups is 1. The molecule has 0 spiro atoms. The lowest BCUT2D eigenvalue weighted by Gasteiger charge is -2.07. The molecule has 2 aromatic heterocycles. The Labute approximate surface area is 175 Å². The number of pyridine rings is 1. The first-order valence-electron chi connectivity index (χ1n) is 9.53. The highest BCUT2D eigenvalue weighted by Gasteiger charge is 2.22. The van der Waals surface area contributed by atoms with Crippen molar-refractivity contribution in [3.63, 3.8) is 0 Å². The topological polar surface area (TPSA) is 80.5 Å². The lowest BCUT2D eigenvalue weighted by Crippen LogP contribution is -2.26. The summed E-state index contributed by atoms with van der Waals surface area (Å²) in [6.07, 6.45) is 3.32. The molecular formula is C23H21N3O3S. The van der Waals surface area contributed by atoms with Gasteiger partial charge < -0.3 is 5.32 Å². The van der Waals surface area contributed by atoms with Crippen LogP contribution in [0, 0.1) is 0 Å². The van der Waals surface area contributed by atoms with Crippen LogP contribution in [-0.4, -0.2) is 36.5 Å². The number of benzene rings is 2. The van der Waals surface area contributed by atoms with Crippen LogP contribution in [0.3, 0.4) is 0 Å². The van der Waals surface area contributed by atoms with Crippen molar-refractivity contribution in [3.05, 3.63) is 90.3 Å². The Hall–Kier alpha value is -3.45. The van der Waals surface area contributed by atoms with Gasteiger partial charge in [0, 0.05) is 19.0 Å². The number of hydrogen-bond donors (Lipinski definition) is 1. The second-order valence-corrected chi connectivity index (χ2v) is 8.95. The van der Waals surface area contributed by atoms with Gasteiger partial charge in [-0.1, -0.05) is 60.7 Å². The summed E-state index contributed by atoms with van der Waals surface area (Å²) >= 11 is 0. The normalized spacial score (nSPS) is 11.5. The van der Waals surface area contributed by atoms with Gasteiger partial charge >= 0.3 is 0 Å². The smallest absolute Gasteiger partial charge is 0.272 e. The second kappa shape index (κ2) is 8.12. The van der Waals surface area contributed by atoms with E-state index < -0.39 is 15.7 Å². The van der Waals surface area contributed by atoms with Crippen molar-refractivity contribution in [2.75, 3.05) is 12.8 Å². The van der Waals surface area contributed by atoms with E-state index >= 15 is 0 Å². The minimum atomic E-state index is -3.56. The number of sulfone groups is 1. The Morgan fingerprint density at radius 1 is 0.967 bits per heavy atom. The number of rotatable bonds is 6. The van der Waals surface area contributed by atoms with E-state index in [1.807, 2.05) is 30.3 Å². The molecule has 6 nitrogen and oxygen atoms in total. The maximum atomic E-state index is 12.7. The van der Waals surface area contributed by atoms with Crippen molar-refractivity contribution in [1.29, 1.82) is 0 Å². The highest BCUT2D eigenvalue weighted by Crippen LogP contribution is 2.20. The molecule has 0 saturated carbocycles. The molecule has 1 N–H and O–H groups in total. The van der Waals surface area contributed by atoms with Crippen molar-refractivity contribution in [2.45, 2.75) is 11.6 Å². The van der Waals surface area contributed by atoms with Crippen molar-refractivity contribution in [3.8, 4) is 11.1 Å². The molecule has 7 heteroatoms. The quantitative estimate of drug-likeness (QED) is 0.520. The van der Waals surface area contributed by atoms with E-state index in [4.69, 9.17) is 0 Å². The van der Waals surface area contributed by atoms with Crippen LogP contribution in [0.4, 0.5) is 0 Å². The fourth-order valence-corrected chi connectivity index (χ4v) is 4.15. The van der Waals surface area contributed by atoms with E-state index in [2.05, 4.69) is 34.6 Å². The van der Waals surface area contributed by atoms with Gasteiger partial charge in [-0.25, -0.2) is 13.4 Å². The fourth-order valence-electron chi connectivity index (χ4n) is 3.38. The van der Waals surface area contributed by atoms with E-state index in [1.165, 1.54) is 4.40 Å². The summed E-state index contributed by atoms with van der Waals surface area (Å²) in [6.45, 7) is 0.414. The van der Waals surface area contributed by atoms with Crippen molar-refractivity contribution >= 4 is 21.3 Å². The summed E-state index contributed by atoms with van der Waals surface area (Å²) in [5.41, 5.74) is 3.93. The SMILES string of the molecule is CS(=O)(=O)c1nc(C(=O)NCCc2cccc(-c3ccccc3)c2)c2ccccn12. The van der Waals surface area contributed by atoms with Gasteiger partial charge in [-0.05, 0) is 35.2 Å². The standard InChI is InChI=1S/C23H21N3O3S/c1-30(28,29)23-25-21(20-12-5-6-15-26(20)23)22(27)24-14-13-17-8-7-11-19(16-17)18-9-3-2-4-10-18/h2-12,15-16H,13-14H2,1H3,(H,24,27). The lowest BCUT2D eigenvalue weighted by molar-refractivity contribution is 0.0951.